The number of nitrogens with two attached hydrogens (primary N) is 3. The van der Waals surface area contributed by atoms with Gasteiger partial charge in [0.1, 0.15) is 11.9 Å². The summed E-state index contributed by atoms with van der Waals surface area (Å²) >= 11 is 0. The molecule has 0 fully saturated rings. The van der Waals surface area contributed by atoms with Crippen molar-refractivity contribution in [2.24, 2.45) is 22.2 Å². The Kier molecular flexibility index (Phi) is 9.48. The first-order valence-electron chi connectivity index (χ1n) is 13.5. The molecule has 0 radical (unpaired) electrons. The van der Waals surface area contributed by atoms with Crippen LogP contribution in [0.2, 0.25) is 0 Å². The number of amides is 3. The summed E-state index contributed by atoms with van der Waals surface area (Å²) in [6.45, 7) is 2.26. The Balaban J connectivity index is 1.70. The van der Waals surface area contributed by atoms with E-state index < -0.39 is 11.9 Å². The highest BCUT2D eigenvalue weighted by molar-refractivity contribution is 5.98. The largest absolute Gasteiger partial charge is 0.370 e. The highest BCUT2D eigenvalue weighted by Crippen LogP contribution is 2.32. The van der Waals surface area contributed by atoms with Crippen LogP contribution in [0.25, 0.3) is 22.4 Å². The third-order valence-electron chi connectivity index (χ3n) is 6.75. The molecule has 0 unspecified atom stereocenters. The molecule has 12 heteroatoms. The van der Waals surface area contributed by atoms with Crippen molar-refractivity contribution >= 4 is 40.4 Å². The van der Waals surface area contributed by atoms with Crippen LogP contribution in [0, 0.1) is 0 Å². The zero-order chi connectivity index (χ0) is 30.2. The van der Waals surface area contributed by atoms with Crippen LogP contribution in [0.15, 0.2) is 71.9 Å². The molecule has 0 saturated carbocycles. The summed E-state index contributed by atoms with van der Waals surface area (Å²) in [5.74, 6) is -0.414. The number of fused-ring (bicyclic) bond motifs is 1. The second-order valence-corrected chi connectivity index (χ2v) is 9.93. The number of rotatable bonds is 12. The minimum Gasteiger partial charge on any atom is -0.370 e. The molecule has 2 aromatic heterocycles. The lowest BCUT2D eigenvalue weighted by atomic mass is 10.1. The molecule has 2 heterocycles. The second-order valence-electron chi connectivity index (χ2n) is 9.93. The number of aromatic nitrogens is 3. The number of aliphatic imine (C=N–C) groups is 1. The van der Waals surface area contributed by atoms with Gasteiger partial charge in [-0.05, 0) is 67.4 Å². The third-order valence-corrected chi connectivity index (χ3v) is 6.75. The van der Waals surface area contributed by atoms with Gasteiger partial charge < -0.3 is 32.0 Å². The summed E-state index contributed by atoms with van der Waals surface area (Å²) in [6.07, 6.45) is 3.22. The third kappa shape index (κ3) is 7.27. The summed E-state index contributed by atoms with van der Waals surface area (Å²) in [4.78, 5) is 52.4. The Morgan fingerprint density at radius 3 is 2.45 bits per heavy atom. The lowest BCUT2D eigenvalue weighted by Gasteiger charge is -2.19. The predicted octanol–water partition coefficient (Wildman–Crippen LogP) is 2.45. The molecule has 1 atom stereocenters. The van der Waals surface area contributed by atoms with E-state index in [0.29, 0.717) is 66.0 Å². The number of anilines is 1. The Morgan fingerprint density at radius 2 is 1.81 bits per heavy atom. The predicted molar refractivity (Wildman–Crippen MR) is 163 cm³/mol. The van der Waals surface area contributed by atoms with E-state index in [4.69, 9.17) is 22.2 Å². The van der Waals surface area contributed by atoms with Crippen LogP contribution in [-0.4, -0.2) is 63.3 Å². The SMILES string of the molecule is CC(=O)Nc1ccc(-c2nc3cc(C(=O)N(C)CCc4ccccn4)ccc3n2[C@H](CCCN=C(N)N)C(N)=O)cc1. The van der Waals surface area contributed by atoms with Gasteiger partial charge in [0, 0.05) is 62.2 Å². The highest BCUT2D eigenvalue weighted by atomic mass is 16.2. The number of nitrogens with zero attached hydrogens (tertiary/aromatic N) is 5. The van der Waals surface area contributed by atoms with Gasteiger partial charge in [0.15, 0.2) is 5.96 Å². The molecule has 4 aromatic rings. The van der Waals surface area contributed by atoms with Crippen molar-refractivity contribution in [3.05, 3.63) is 78.1 Å². The van der Waals surface area contributed by atoms with Gasteiger partial charge >= 0.3 is 0 Å². The number of carbonyl (C=O) groups excluding carboxylic acids is 3. The first kappa shape index (κ1) is 29.7. The average molecular weight is 570 g/mol. The van der Waals surface area contributed by atoms with Gasteiger partial charge in [-0.15, -0.1) is 0 Å². The van der Waals surface area contributed by atoms with Crippen LogP contribution < -0.4 is 22.5 Å². The van der Waals surface area contributed by atoms with Crippen molar-refractivity contribution in [2.75, 3.05) is 25.5 Å². The average Bonchev–Trinajstić information content (AvgIpc) is 3.34. The zero-order valence-corrected chi connectivity index (χ0v) is 23.7. The van der Waals surface area contributed by atoms with Crippen LogP contribution in [0.5, 0.6) is 0 Å². The maximum atomic E-state index is 13.3. The molecule has 42 heavy (non-hydrogen) atoms. The number of guanidine groups is 1. The standard InChI is InChI=1S/C30H35N9O3/c1-19(40)36-23-11-8-20(9-12-23)28-37-24-18-21(29(42)38(2)17-14-22-6-3-4-15-34-22)10-13-25(24)39(28)26(27(31)41)7-5-16-35-30(32)33/h3-4,6,8-13,15,18,26H,5,7,14,16-17H2,1-2H3,(H2,31,41)(H,36,40)(H4,32,33,35)/t26-/m1/s1. The molecular formula is C30H35N9O3. The highest BCUT2D eigenvalue weighted by Gasteiger charge is 2.25. The van der Waals surface area contributed by atoms with Gasteiger partial charge in [-0.1, -0.05) is 6.07 Å². The molecule has 7 N–H and O–H groups in total. The van der Waals surface area contributed by atoms with Crippen molar-refractivity contribution in [1.82, 2.24) is 19.4 Å². The maximum absolute atomic E-state index is 13.3. The van der Waals surface area contributed by atoms with Crippen LogP contribution in [-0.2, 0) is 16.0 Å². The fraction of sp³-hybridized carbons (Fsp3) is 0.267. The fourth-order valence-corrected chi connectivity index (χ4v) is 4.70. The summed E-state index contributed by atoms with van der Waals surface area (Å²) in [5.41, 5.74) is 20.7. The van der Waals surface area contributed by atoms with E-state index in [9.17, 15) is 14.4 Å². The normalized spacial score (nSPS) is 11.6. The van der Waals surface area contributed by atoms with Crippen LogP contribution in [0.1, 0.15) is 41.9 Å². The number of carbonyl (C=O) groups is 3. The Morgan fingerprint density at radius 1 is 1.05 bits per heavy atom. The first-order chi connectivity index (χ1) is 20.1. The van der Waals surface area contributed by atoms with Crippen LogP contribution >= 0.6 is 0 Å². The van der Waals surface area contributed by atoms with E-state index in [1.54, 1.807) is 65.2 Å². The first-order valence-corrected chi connectivity index (χ1v) is 13.5. The monoisotopic (exact) mass is 569 g/mol. The molecule has 4 rings (SSSR count). The van der Waals surface area contributed by atoms with E-state index in [1.807, 2.05) is 18.2 Å². The van der Waals surface area contributed by atoms with Gasteiger partial charge in [0.2, 0.25) is 11.8 Å². The summed E-state index contributed by atoms with van der Waals surface area (Å²) in [7, 11) is 1.75. The molecule has 0 bridgehead atoms. The molecule has 0 aliphatic rings. The van der Waals surface area contributed by atoms with E-state index in [1.165, 1.54) is 6.92 Å². The van der Waals surface area contributed by atoms with Crippen molar-refractivity contribution in [2.45, 2.75) is 32.2 Å². The van der Waals surface area contributed by atoms with Crippen LogP contribution in [0.4, 0.5) is 5.69 Å². The van der Waals surface area contributed by atoms with Crippen molar-refractivity contribution in [1.29, 1.82) is 0 Å². The number of hydrogen-bond donors (Lipinski definition) is 4. The minimum atomic E-state index is -0.753. The molecular weight excluding hydrogens is 534 g/mol. The topological polar surface area (TPSA) is 188 Å². The molecule has 2 aromatic carbocycles. The molecule has 0 saturated heterocycles. The number of primary amides is 1. The molecule has 0 aliphatic heterocycles. The number of benzene rings is 2. The Labute approximate surface area is 243 Å². The molecule has 0 aliphatic carbocycles. The Bertz CT molecular complexity index is 1590. The van der Waals surface area contributed by atoms with E-state index >= 15 is 0 Å². The Hall–Kier alpha value is -5.26. The van der Waals surface area contributed by atoms with E-state index in [-0.39, 0.29) is 17.8 Å². The smallest absolute Gasteiger partial charge is 0.253 e. The number of hydrogen-bond acceptors (Lipinski definition) is 6. The van der Waals surface area contributed by atoms with E-state index in [0.717, 1.165) is 5.69 Å². The molecule has 12 nitrogen and oxygen atoms in total. The van der Waals surface area contributed by atoms with E-state index in [2.05, 4.69) is 15.3 Å². The summed E-state index contributed by atoms with van der Waals surface area (Å²) in [6, 6.07) is 17.3. The molecule has 3 amide bonds. The van der Waals surface area contributed by atoms with Gasteiger partial charge in [-0.3, -0.25) is 24.4 Å². The summed E-state index contributed by atoms with van der Waals surface area (Å²) in [5, 5.41) is 2.74. The van der Waals surface area contributed by atoms with Crippen molar-refractivity contribution in [3.63, 3.8) is 0 Å². The summed E-state index contributed by atoms with van der Waals surface area (Å²) < 4.78 is 1.79. The quantitative estimate of drug-likeness (QED) is 0.114. The van der Waals surface area contributed by atoms with Crippen molar-refractivity contribution < 1.29 is 14.4 Å². The van der Waals surface area contributed by atoms with Gasteiger partial charge in [-0.2, -0.15) is 0 Å². The minimum absolute atomic E-state index is 0.0270. The van der Waals surface area contributed by atoms with Crippen molar-refractivity contribution in [3.8, 4) is 11.4 Å². The fourth-order valence-electron chi connectivity index (χ4n) is 4.70. The number of likely N-dealkylation sites (N-methyl/N-ethyl adjacent to an activating group) is 1. The van der Waals surface area contributed by atoms with Gasteiger partial charge in [-0.25, -0.2) is 4.98 Å². The lowest BCUT2D eigenvalue weighted by Crippen LogP contribution is -2.29. The second kappa shape index (κ2) is 13.4. The van der Waals surface area contributed by atoms with Gasteiger partial charge in [0.05, 0.1) is 11.0 Å². The van der Waals surface area contributed by atoms with Crippen LogP contribution in [0.3, 0.4) is 0 Å². The maximum Gasteiger partial charge on any atom is 0.253 e. The van der Waals surface area contributed by atoms with Gasteiger partial charge in [0.25, 0.3) is 5.91 Å². The lowest BCUT2D eigenvalue weighted by molar-refractivity contribution is -0.121. The number of pyridine rings is 1. The molecule has 218 valence electrons. The molecule has 0 spiro atoms. The number of imidazole rings is 1. The number of nitrogens with one attached hydrogen (secondary N) is 1. The zero-order valence-electron chi connectivity index (χ0n) is 23.7.